The van der Waals surface area contributed by atoms with Crippen LogP contribution in [0, 0.1) is 0 Å². The van der Waals surface area contributed by atoms with Gasteiger partial charge in [-0.1, -0.05) is 37.0 Å². The van der Waals surface area contributed by atoms with Gasteiger partial charge < -0.3 is 0 Å². The summed E-state index contributed by atoms with van der Waals surface area (Å²) in [6.07, 6.45) is 2.18. The zero-order chi connectivity index (χ0) is 10.8. The van der Waals surface area contributed by atoms with Crippen molar-refractivity contribution in [1.82, 2.24) is 3.96 Å². The fraction of sp³-hybridized carbons (Fsp3) is 0.417. The quantitative estimate of drug-likeness (QED) is 0.778. The third-order valence-corrected chi connectivity index (χ3v) is 3.90. The topological polar surface area (TPSA) is 22.0 Å². The monoisotopic (exact) mass is 221 g/mol. The standard InChI is InChI=1S/C12H15NOS/c1-3-6-9(2)13-12(14)10-7-4-5-8-11(10)15-13/h4-5,7-9H,3,6H2,1-2H3. The summed E-state index contributed by atoms with van der Waals surface area (Å²) in [5, 5.41) is 0.852. The van der Waals surface area contributed by atoms with Crippen LogP contribution in [0.1, 0.15) is 32.7 Å². The van der Waals surface area contributed by atoms with E-state index < -0.39 is 0 Å². The SMILES string of the molecule is CCCC(C)n1sc2ccccc2c1=O. The van der Waals surface area contributed by atoms with Crippen molar-refractivity contribution in [2.45, 2.75) is 32.7 Å². The number of hydrogen-bond acceptors (Lipinski definition) is 2. The van der Waals surface area contributed by atoms with Crippen LogP contribution in [0.2, 0.25) is 0 Å². The minimum Gasteiger partial charge on any atom is -0.268 e. The van der Waals surface area contributed by atoms with E-state index in [4.69, 9.17) is 0 Å². The summed E-state index contributed by atoms with van der Waals surface area (Å²) in [5.41, 5.74) is 0.163. The maximum atomic E-state index is 12.0. The molecule has 0 amide bonds. The summed E-state index contributed by atoms with van der Waals surface area (Å²) in [4.78, 5) is 12.0. The van der Waals surface area contributed by atoms with Gasteiger partial charge in [0, 0.05) is 6.04 Å². The number of hydrogen-bond donors (Lipinski definition) is 0. The zero-order valence-electron chi connectivity index (χ0n) is 9.06. The average molecular weight is 221 g/mol. The first-order valence-corrected chi connectivity index (χ1v) is 6.12. The molecule has 0 N–H and O–H groups in total. The first kappa shape index (κ1) is 10.4. The predicted octanol–water partition coefficient (Wildman–Crippen LogP) is 3.42. The molecule has 0 saturated heterocycles. The molecule has 3 heteroatoms. The smallest absolute Gasteiger partial charge is 0.268 e. The highest BCUT2D eigenvalue weighted by Crippen LogP contribution is 2.21. The minimum atomic E-state index is 0.163. The van der Waals surface area contributed by atoms with E-state index in [0.717, 1.165) is 22.9 Å². The molecule has 2 nitrogen and oxygen atoms in total. The molecule has 80 valence electrons. The van der Waals surface area contributed by atoms with E-state index in [1.165, 1.54) is 0 Å². The van der Waals surface area contributed by atoms with Gasteiger partial charge in [0.1, 0.15) is 0 Å². The largest absolute Gasteiger partial charge is 0.268 e. The first-order chi connectivity index (χ1) is 7.24. The second kappa shape index (κ2) is 4.19. The Kier molecular flexibility index (Phi) is 2.91. The first-order valence-electron chi connectivity index (χ1n) is 5.34. The molecule has 0 saturated carbocycles. The van der Waals surface area contributed by atoms with Gasteiger partial charge in [0.25, 0.3) is 5.56 Å². The maximum Gasteiger partial charge on any atom is 0.268 e. The predicted molar refractivity (Wildman–Crippen MR) is 65.7 cm³/mol. The summed E-state index contributed by atoms with van der Waals surface area (Å²) in [6.45, 7) is 4.26. The van der Waals surface area contributed by atoms with Gasteiger partial charge in [-0.15, -0.1) is 0 Å². The second-order valence-electron chi connectivity index (χ2n) is 3.86. The molecule has 0 radical (unpaired) electrons. The van der Waals surface area contributed by atoms with Crippen LogP contribution in [-0.2, 0) is 0 Å². The van der Waals surface area contributed by atoms with E-state index in [2.05, 4.69) is 13.8 Å². The summed E-state index contributed by atoms with van der Waals surface area (Å²) >= 11 is 1.58. The molecule has 15 heavy (non-hydrogen) atoms. The molecule has 1 aromatic heterocycles. The molecule has 0 bridgehead atoms. The molecule has 0 aliphatic rings. The number of fused-ring (bicyclic) bond motifs is 1. The van der Waals surface area contributed by atoms with Crippen LogP contribution in [0.3, 0.4) is 0 Å². The molecule has 0 aliphatic heterocycles. The van der Waals surface area contributed by atoms with Gasteiger partial charge in [-0.25, -0.2) is 0 Å². The number of rotatable bonds is 3. The minimum absolute atomic E-state index is 0.163. The highest BCUT2D eigenvalue weighted by molar-refractivity contribution is 7.13. The van der Waals surface area contributed by atoms with Gasteiger partial charge in [-0.2, -0.15) is 0 Å². The van der Waals surface area contributed by atoms with E-state index >= 15 is 0 Å². The van der Waals surface area contributed by atoms with Crippen LogP contribution in [0.15, 0.2) is 29.1 Å². The van der Waals surface area contributed by atoms with Gasteiger partial charge in [-0.05, 0) is 25.5 Å². The van der Waals surface area contributed by atoms with Crippen molar-refractivity contribution in [3.8, 4) is 0 Å². The molecule has 1 aromatic carbocycles. The van der Waals surface area contributed by atoms with Crippen molar-refractivity contribution in [2.24, 2.45) is 0 Å². The van der Waals surface area contributed by atoms with E-state index in [0.29, 0.717) is 6.04 Å². The van der Waals surface area contributed by atoms with Crippen molar-refractivity contribution in [3.05, 3.63) is 34.6 Å². The fourth-order valence-corrected chi connectivity index (χ4v) is 2.89. The Bertz CT molecular complexity index is 512. The van der Waals surface area contributed by atoms with Gasteiger partial charge >= 0.3 is 0 Å². The van der Waals surface area contributed by atoms with Crippen molar-refractivity contribution in [3.63, 3.8) is 0 Å². The fourth-order valence-electron chi connectivity index (χ4n) is 1.81. The van der Waals surface area contributed by atoms with Gasteiger partial charge in [0.05, 0.1) is 10.1 Å². The van der Waals surface area contributed by atoms with E-state index in [1.54, 1.807) is 11.5 Å². The van der Waals surface area contributed by atoms with Crippen LogP contribution < -0.4 is 5.56 Å². The Morgan fingerprint density at radius 3 is 2.80 bits per heavy atom. The van der Waals surface area contributed by atoms with E-state index in [1.807, 2.05) is 28.2 Å². The average Bonchev–Trinajstić information content (AvgIpc) is 2.57. The number of benzene rings is 1. The molecule has 0 fully saturated rings. The lowest BCUT2D eigenvalue weighted by Gasteiger charge is -2.08. The van der Waals surface area contributed by atoms with Crippen molar-refractivity contribution in [2.75, 3.05) is 0 Å². The lowest BCUT2D eigenvalue weighted by atomic mass is 10.2. The van der Waals surface area contributed by atoms with Crippen LogP contribution in [0.4, 0.5) is 0 Å². The van der Waals surface area contributed by atoms with E-state index in [9.17, 15) is 4.79 Å². The van der Waals surface area contributed by atoms with Gasteiger partial charge in [-0.3, -0.25) is 8.75 Å². The lowest BCUT2D eigenvalue weighted by Crippen LogP contribution is -2.16. The molecule has 2 rings (SSSR count). The van der Waals surface area contributed by atoms with Crippen molar-refractivity contribution >= 4 is 21.6 Å². The molecular formula is C12H15NOS. The Morgan fingerprint density at radius 2 is 2.13 bits per heavy atom. The van der Waals surface area contributed by atoms with Crippen LogP contribution in [0.25, 0.3) is 10.1 Å². The number of aromatic nitrogens is 1. The third-order valence-electron chi connectivity index (χ3n) is 2.62. The molecule has 1 unspecified atom stereocenters. The zero-order valence-corrected chi connectivity index (χ0v) is 9.88. The summed E-state index contributed by atoms with van der Waals surface area (Å²) in [5.74, 6) is 0. The van der Waals surface area contributed by atoms with Crippen LogP contribution >= 0.6 is 11.5 Å². The van der Waals surface area contributed by atoms with Crippen molar-refractivity contribution in [1.29, 1.82) is 0 Å². The summed E-state index contributed by atoms with van der Waals surface area (Å²) in [7, 11) is 0. The molecule has 1 heterocycles. The Labute approximate surface area is 93.3 Å². The Balaban J connectivity index is 2.53. The Morgan fingerprint density at radius 1 is 1.40 bits per heavy atom. The van der Waals surface area contributed by atoms with E-state index in [-0.39, 0.29) is 5.56 Å². The van der Waals surface area contributed by atoms with Crippen molar-refractivity contribution < 1.29 is 0 Å². The maximum absolute atomic E-state index is 12.0. The number of nitrogens with zero attached hydrogens (tertiary/aromatic N) is 1. The molecule has 1 atom stereocenters. The lowest BCUT2D eigenvalue weighted by molar-refractivity contribution is 0.524. The normalized spacial score (nSPS) is 13.2. The van der Waals surface area contributed by atoms with Gasteiger partial charge in [0.2, 0.25) is 0 Å². The molecular weight excluding hydrogens is 206 g/mol. The van der Waals surface area contributed by atoms with Crippen LogP contribution in [-0.4, -0.2) is 3.96 Å². The Hall–Kier alpha value is -1.09. The summed E-state index contributed by atoms with van der Waals surface area (Å²) < 4.78 is 2.99. The molecule has 0 spiro atoms. The summed E-state index contributed by atoms with van der Waals surface area (Å²) in [6, 6.07) is 8.14. The molecule has 2 aromatic rings. The highest BCUT2D eigenvalue weighted by atomic mass is 32.1. The van der Waals surface area contributed by atoms with Crippen LogP contribution in [0.5, 0.6) is 0 Å². The van der Waals surface area contributed by atoms with Gasteiger partial charge in [0.15, 0.2) is 0 Å². The highest BCUT2D eigenvalue weighted by Gasteiger charge is 2.11. The molecule has 0 aliphatic carbocycles. The third kappa shape index (κ3) is 1.84. The second-order valence-corrected chi connectivity index (χ2v) is 4.87.